The first-order valence-electron chi connectivity index (χ1n) is 3.85. The van der Waals surface area contributed by atoms with Gasteiger partial charge in [0.2, 0.25) is 0 Å². The number of hydrogen-bond donors (Lipinski definition) is 1. The zero-order valence-corrected chi connectivity index (χ0v) is 7.94. The van der Waals surface area contributed by atoms with Crippen LogP contribution in [-0.4, -0.2) is 5.71 Å². The molecule has 5 nitrogen and oxygen atoms in total. The van der Waals surface area contributed by atoms with Crippen molar-refractivity contribution < 1.29 is 0 Å². The van der Waals surface area contributed by atoms with Crippen LogP contribution in [0.5, 0.6) is 0 Å². The topological polar surface area (TPSA) is 110 Å². The summed E-state index contributed by atoms with van der Waals surface area (Å²) < 4.78 is 0. The first-order valence-corrected chi connectivity index (χ1v) is 3.85. The molecule has 0 radical (unpaired) electrons. The molecule has 0 saturated carbocycles. The van der Waals surface area contributed by atoms with Crippen LogP contribution in [0.1, 0.15) is 13.8 Å². The lowest BCUT2D eigenvalue weighted by Gasteiger charge is -1.99. The van der Waals surface area contributed by atoms with Gasteiger partial charge < -0.3 is 5.73 Å². The molecule has 0 spiro atoms. The zero-order chi connectivity index (χ0) is 11.1. The molecule has 14 heavy (non-hydrogen) atoms. The summed E-state index contributed by atoms with van der Waals surface area (Å²) in [5.41, 5.74) is 4.90. The van der Waals surface area contributed by atoms with E-state index in [2.05, 4.69) is 4.99 Å². The first kappa shape index (κ1) is 11.7. The van der Waals surface area contributed by atoms with Crippen molar-refractivity contribution in [1.82, 2.24) is 0 Å². The van der Waals surface area contributed by atoms with Gasteiger partial charge in [-0.25, -0.2) is 4.99 Å². The Bertz CT molecular complexity index is 394. The third-order valence-electron chi connectivity index (χ3n) is 1.38. The number of nitrogens with zero attached hydrogens (tertiary/aromatic N) is 4. The minimum absolute atomic E-state index is 0.102. The number of nitriles is 3. The van der Waals surface area contributed by atoms with Crippen LogP contribution in [0.3, 0.4) is 0 Å². The molecule has 0 aliphatic rings. The Balaban J connectivity index is 5.29. The lowest BCUT2D eigenvalue weighted by atomic mass is 10.1. The second kappa shape index (κ2) is 5.35. The van der Waals surface area contributed by atoms with Gasteiger partial charge >= 0.3 is 0 Å². The molecule has 0 heterocycles. The van der Waals surface area contributed by atoms with Gasteiger partial charge in [0, 0.05) is 5.92 Å². The van der Waals surface area contributed by atoms with Gasteiger partial charge in [0.15, 0.2) is 5.70 Å². The van der Waals surface area contributed by atoms with E-state index in [4.69, 9.17) is 21.5 Å². The van der Waals surface area contributed by atoms with Crippen molar-refractivity contribution in [3.63, 3.8) is 0 Å². The molecular weight excluding hydrogens is 178 g/mol. The molecule has 0 atom stereocenters. The Hall–Kier alpha value is -2.32. The third kappa shape index (κ3) is 2.97. The standard InChI is InChI=1S/C9H9N5/c1-6(2)8(4-11)14-9(5-12)7(13)3-10/h6H,13H2,1-2H3/b9-7-,14-8?. The summed E-state index contributed by atoms with van der Waals surface area (Å²) in [6.45, 7) is 3.53. The highest BCUT2D eigenvalue weighted by Crippen LogP contribution is 2.04. The first-order chi connectivity index (χ1) is 6.56. The van der Waals surface area contributed by atoms with Crippen LogP contribution in [0.2, 0.25) is 0 Å². The molecule has 0 aromatic rings. The van der Waals surface area contributed by atoms with Crippen LogP contribution in [0.4, 0.5) is 0 Å². The predicted octanol–water partition coefficient (Wildman–Crippen LogP) is 0.824. The van der Waals surface area contributed by atoms with Gasteiger partial charge in [0.25, 0.3) is 0 Å². The summed E-state index contributed by atoms with van der Waals surface area (Å²) in [6.07, 6.45) is 0. The molecule has 0 aliphatic heterocycles. The number of allylic oxidation sites excluding steroid dienone is 2. The van der Waals surface area contributed by atoms with Crippen LogP contribution >= 0.6 is 0 Å². The number of nitrogens with two attached hydrogens (primary N) is 1. The van der Waals surface area contributed by atoms with E-state index in [-0.39, 0.29) is 23.0 Å². The minimum atomic E-state index is -0.277. The van der Waals surface area contributed by atoms with Crippen LogP contribution < -0.4 is 5.73 Å². The van der Waals surface area contributed by atoms with Crippen molar-refractivity contribution in [3.05, 3.63) is 11.4 Å². The van der Waals surface area contributed by atoms with Gasteiger partial charge in [0.1, 0.15) is 29.6 Å². The fraction of sp³-hybridized carbons (Fsp3) is 0.333. The van der Waals surface area contributed by atoms with Gasteiger partial charge in [-0.1, -0.05) is 13.8 Å². The van der Waals surface area contributed by atoms with E-state index in [0.29, 0.717) is 0 Å². The summed E-state index contributed by atoms with van der Waals surface area (Å²) in [5, 5.41) is 25.7. The van der Waals surface area contributed by atoms with E-state index in [1.807, 2.05) is 6.07 Å². The molecule has 0 fully saturated rings. The fourth-order valence-electron chi connectivity index (χ4n) is 0.602. The lowest BCUT2D eigenvalue weighted by Crippen LogP contribution is -2.06. The molecule has 0 amide bonds. The van der Waals surface area contributed by atoms with Crippen LogP contribution in [0.15, 0.2) is 16.4 Å². The Morgan fingerprint density at radius 1 is 1.14 bits per heavy atom. The van der Waals surface area contributed by atoms with Gasteiger partial charge in [-0.15, -0.1) is 0 Å². The molecule has 70 valence electrons. The molecule has 0 aromatic heterocycles. The van der Waals surface area contributed by atoms with E-state index in [0.717, 1.165) is 0 Å². The molecule has 0 saturated heterocycles. The molecule has 2 N–H and O–H groups in total. The summed E-state index contributed by atoms with van der Waals surface area (Å²) in [4.78, 5) is 3.71. The van der Waals surface area contributed by atoms with E-state index in [9.17, 15) is 0 Å². The van der Waals surface area contributed by atoms with Crippen LogP contribution in [-0.2, 0) is 0 Å². The normalized spacial score (nSPS) is 12.4. The van der Waals surface area contributed by atoms with Gasteiger partial charge in [-0.05, 0) is 0 Å². The number of hydrogen-bond acceptors (Lipinski definition) is 5. The second-order valence-electron chi connectivity index (χ2n) is 2.75. The van der Waals surface area contributed by atoms with Gasteiger partial charge in [0.05, 0.1) is 0 Å². The average molecular weight is 187 g/mol. The van der Waals surface area contributed by atoms with E-state index in [1.54, 1.807) is 26.0 Å². The highest BCUT2D eigenvalue weighted by atomic mass is 14.8. The Morgan fingerprint density at radius 2 is 1.71 bits per heavy atom. The maximum absolute atomic E-state index is 8.66. The summed E-state index contributed by atoms with van der Waals surface area (Å²) in [7, 11) is 0. The van der Waals surface area contributed by atoms with Gasteiger partial charge in [-0.3, -0.25) is 0 Å². The van der Waals surface area contributed by atoms with Crippen molar-refractivity contribution >= 4 is 5.71 Å². The van der Waals surface area contributed by atoms with Crippen molar-refractivity contribution in [2.45, 2.75) is 13.8 Å². The second-order valence-corrected chi connectivity index (χ2v) is 2.75. The SMILES string of the molecule is CC(C)C(C#N)=N/C(C#N)=C(\N)C#N. The molecule has 0 unspecified atom stereocenters. The van der Waals surface area contributed by atoms with E-state index in [1.165, 1.54) is 0 Å². The third-order valence-corrected chi connectivity index (χ3v) is 1.38. The average Bonchev–Trinajstić information content (AvgIpc) is 2.18. The van der Waals surface area contributed by atoms with E-state index < -0.39 is 0 Å². The maximum atomic E-state index is 8.66. The highest BCUT2D eigenvalue weighted by molar-refractivity contribution is 6.00. The van der Waals surface area contributed by atoms with Crippen molar-refractivity contribution in [2.75, 3.05) is 0 Å². The number of aliphatic imine (C=N–C) groups is 1. The Morgan fingerprint density at radius 3 is 2.00 bits per heavy atom. The molecule has 0 aromatic carbocycles. The molecule has 0 bridgehead atoms. The monoisotopic (exact) mass is 187 g/mol. The molecular formula is C9H9N5. The van der Waals surface area contributed by atoms with Crippen LogP contribution in [0, 0.1) is 39.9 Å². The minimum Gasteiger partial charge on any atom is -0.388 e. The predicted molar refractivity (Wildman–Crippen MR) is 50.3 cm³/mol. The Kier molecular flexibility index (Phi) is 4.46. The quantitative estimate of drug-likeness (QED) is 0.509. The summed E-state index contributed by atoms with van der Waals surface area (Å²) in [6, 6.07) is 5.11. The van der Waals surface area contributed by atoms with Crippen molar-refractivity contribution in [3.8, 4) is 18.2 Å². The fourth-order valence-corrected chi connectivity index (χ4v) is 0.602. The van der Waals surface area contributed by atoms with Crippen molar-refractivity contribution in [2.24, 2.45) is 16.6 Å². The number of rotatable bonds is 2. The van der Waals surface area contributed by atoms with Crippen LogP contribution in [0.25, 0.3) is 0 Å². The summed E-state index contributed by atoms with van der Waals surface area (Å²) >= 11 is 0. The highest BCUT2D eigenvalue weighted by Gasteiger charge is 2.07. The van der Waals surface area contributed by atoms with Gasteiger partial charge in [-0.2, -0.15) is 15.8 Å². The van der Waals surface area contributed by atoms with Crippen molar-refractivity contribution in [1.29, 1.82) is 15.8 Å². The maximum Gasteiger partial charge on any atom is 0.175 e. The van der Waals surface area contributed by atoms with E-state index >= 15 is 0 Å². The Labute approximate surface area is 82.4 Å². The molecule has 5 heteroatoms. The lowest BCUT2D eigenvalue weighted by molar-refractivity contribution is 0.888. The zero-order valence-electron chi connectivity index (χ0n) is 7.94. The molecule has 0 rings (SSSR count). The largest absolute Gasteiger partial charge is 0.388 e. The smallest absolute Gasteiger partial charge is 0.175 e. The summed E-state index contributed by atoms with van der Waals surface area (Å²) in [5.74, 6) is -0.102. The molecule has 0 aliphatic carbocycles.